The van der Waals surface area contributed by atoms with Gasteiger partial charge in [-0.1, -0.05) is 30.3 Å². The average molecular weight is 379 g/mol. The van der Waals surface area contributed by atoms with Crippen molar-refractivity contribution in [3.63, 3.8) is 0 Å². The van der Waals surface area contributed by atoms with Crippen molar-refractivity contribution in [3.8, 4) is 0 Å². The molecule has 2 aromatic carbocycles. The van der Waals surface area contributed by atoms with Crippen LogP contribution in [0.5, 0.6) is 0 Å². The number of piperazine rings is 1. The van der Waals surface area contributed by atoms with E-state index in [4.69, 9.17) is 0 Å². The summed E-state index contributed by atoms with van der Waals surface area (Å²) in [5.41, 5.74) is 0.401. The van der Waals surface area contributed by atoms with Crippen LogP contribution in [0.4, 0.5) is 15.8 Å². The first-order valence-corrected chi connectivity index (χ1v) is 9.69. The van der Waals surface area contributed by atoms with Crippen LogP contribution in [0.1, 0.15) is 5.56 Å². The number of hydrogen-bond donors (Lipinski definition) is 0. The second-order valence-electron chi connectivity index (χ2n) is 5.98. The zero-order valence-corrected chi connectivity index (χ0v) is 14.7. The van der Waals surface area contributed by atoms with Crippen LogP contribution < -0.4 is 4.90 Å². The number of halogens is 1. The molecule has 0 unspecified atom stereocenters. The van der Waals surface area contributed by atoms with E-state index in [0.717, 1.165) is 0 Å². The highest BCUT2D eigenvalue weighted by Crippen LogP contribution is 2.24. The summed E-state index contributed by atoms with van der Waals surface area (Å²) in [4.78, 5) is 12.3. The minimum atomic E-state index is -3.70. The molecule has 138 valence electrons. The molecule has 1 saturated heterocycles. The van der Waals surface area contributed by atoms with Crippen molar-refractivity contribution in [2.24, 2.45) is 0 Å². The zero-order chi connectivity index (χ0) is 18.7. The minimum Gasteiger partial charge on any atom is -0.367 e. The summed E-state index contributed by atoms with van der Waals surface area (Å²) in [5, 5.41) is 11.1. The van der Waals surface area contributed by atoms with Gasteiger partial charge in [-0.15, -0.1) is 0 Å². The Morgan fingerprint density at radius 3 is 2.27 bits per heavy atom. The highest BCUT2D eigenvalue weighted by Gasteiger charge is 2.29. The van der Waals surface area contributed by atoms with Gasteiger partial charge >= 0.3 is 0 Å². The number of nitro benzene ring substituents is 1. The fourth-order valence-electron chi connectivity index (χ4n) is 3.01. The molecular weight excluding hydrogens is 361 g/mol. The molecule has 26 heavy (non-hydrogen) atoms. The lowest BCUT2D eigenvalue weighted by Crippen LogP contribution is -2.49. The van der Waals surface area contributed by atoms with Crippen molar-refractivity contribution in [2.45, 2.75) is 5.75 Å². The Labute approximate surface area is 150 Å². The van der Waals surface area contributed by atoms with Gasteiger partial charge < -0.3 is 4.90 Å². The molecule has 2 aromatic rings. The Morgan fingerprint density at radius 1 is 1.00 bits per heavy atom. The molecule has 0 bridgehead atoms. The van der Waals surface area contributed by atoms with Gasteiger partial charge in [-0.2, -0.15) is 4.31 Å². The van der Waals surface area contributed by atoms with Gasteiger partial charge in [0.1, 0.15) is 5.82 Å². The molecule has 9 heteroatoms. The molecule has 0 spiro atoms. The van der Waals surface area contributed by atoms with Crippen molar-refractivity contribution in [3.05, 3.63) is 70.0 Å². The van der Waals surface area contributed by atoms with Crippen molar-refractivity contribution in [1.29, 1.82) is 0 Å². The lowest BCUT2D eigenvalue weighted by atomic mass is 10.2. The lowest BCUT2D eigenvalue weighted by Gasteiger charge is -2.35. The van der Waals surface area contributed by atoms with E-state index >= 15 is 0 Å². The number of rotatable bonds is 5. The molecule has 1 aliphatic heterocycles. The van der Waals surface area contributed by atoms with Crippen molar-refractivity contribution in [2.75, 3.05) is 31.1 Å². The Kier molecular flexibility index (Phi) is 5.19. The number of nitro groups is 1. The Morgan fingerprint density at radius 2 is 1.62 bits per heavy atom. The SMILES string of the molecule is O=[N+]([O-])c1ccccc1CS(=O)(=O)N1CCN(c2ccccc2F)CC1. The van der Waals surface area contributed by atoms with Crippen LogP contribution in [0.2, 0.25) is 0 Å². The van der Waals surface area contributed by atoms with Crippen LogP contribution in [-0.2, 0) is 15.8 Å². The molecule has 3 rings (SSSR count). The molecule has 0 radical (unpaired) electrons. The van der Waals surface area contributed by atoms with Crippen LogP contribution in [0, 0.1) is 15.9 Å². The number of nitrogens with zero attached hydrogens (tertiary/aromatic N) is 3. The largest absolute Gasteiger partial charge is 0.367 e. The first kappa shape index (κ1) is 18.3. The second-order valence-corrected chi connectivity index (χ2v) is 7.95. The van der Waals surface area contributed by atoms with E-state index in [2.05, 4.69) is 0 Å². The van der Waals surface area contributed by atoms with Gasteiger partial charge in [0.2, 0.25) is 10.0 Å². The third-order valence-corrected chi connectivity index (χ3v) is 6.18. The van der Waals surface area contributed by atoms with Crippen LogP contribution in [-0.4, -0.2) is 43.8 Å². The third-order valence-electron chi connectivity index (χ3n) is 4.35. The Bertz CT molecular complexity index is 912. The molecule has 7 nitrogen and oxygen atoms in total. The summed E-state index contributed by atoms with van der Waals surface area (Å²) in [6, 6.07) is 12.2. The van der Waals surface area contributed by atoms with Gasteiger partial charge in [-0.25, -0.2) is 12.8 Å². The maximum atomic E-state index is 13.9. The second kappa shape index (κ2) is 7.38. The number of benzene rings is 2. The fourth-order valence-corrected chi connectivity index (χ4v) is 4.55. The quantitative estimate of drug-likeness (QED) is 0.588. The smallest absolute Gasteiger partial charge is 0.273 e. The van der Waals surface area contributed by atoms with E-state index < -0.39 is 20.7 Å². The van der Waals surface area contributed by atoms with Gasteiger partial charge in [0.05, 0.1) is 16.4 Å². The van der Waals surface area contributed by atoms with E-state index in [-0.39, 0.29) is 30.2 Å². The molecule has 1 heterocycles. The first-order chi connectivity index (χ1) is 12.4. The van der Waals surface area contributed by atoms with Crippen LogP contribution in [0.15, 0.2) is 48.5 Å². The molecule has 0 amide bonds. The predicted molar refractivity (Wildman–Crippen MR) is 95.9 cm³/mol. The van der Waals surface area contributed by atoms with E-state index in [9.17, 15) is 22.9 Å². The molecule has 0 N–H and O–H groups in total. The molecule has 0 aliphatic carbocycles. The molecule has 0 saturated carbocycles. The number of para-hydroxylation sites is 2. The maximum Gasteiger partial charge on any atom is 0.273 e. The lowest BCUT2D eigenvalue weighted by molar-refractivity contribution is -0.385. The van der Waals surface area contributed by atoms with Gasteiger partial charge in [-0.05, 0) is 12.1 Å². The first-order valence-electron chi connectivity index (χ1n) is 8.08. The number of anilines is 1. The van der Waals surface area contributed by atoms with Gasteiger partial charge in [0, 0.05) is 37.8 Å². The Balaban J connectivity index is 1.71. The predicted octanol–water partition coefficient (Wildman–Crippen LogP) is 2.39. The monoisotopic (exact) mass is 379 g/mol. The fraction of sp³-hybridized carbons (Fsp3) is 0.294. The normalized spacial score (nSPS) is 15.8. The molecule has 1 fully saturated rings. The van der Waals surface area contributed by atoms with E-state index in [1.165, 1.54) is 28.6 Å². The highest BCUT2D eigenvalue weighted by atomic mass is 32.2. The summed E-state index contributed by atoms with van der Waals surface area (Å²) in [7, 11) is -3.70. The molecule has 0 atom stereocenters. The Hall–Kier alpha value is -2.52. The summed E-state index contributed by atoms with van der Waals surface area (Å²) >= 11 is 0. The summed E-state index contributed by atoms with van der Waals surface area (Å²) in [5.74, 6) is -0.771. The molecular formula is C17H18FN3O4S. The standard InChI is InChI=1S/C17H18FN3O4S/c18-15-6-2-4-8-17(15)19-9-11-20(12-10-19)26(24,25)13-14-5-1-3-7-16(14)21(22)23/h1-8H,9-13H2. The van der Waals surface area contributed by atoms with Crippen molar-refractivity contribution in [1.82, 2.24) is 4.31 Å². The van der Waals surface area contributed by atoms with Gasteiger partial charge in [-0.3, -0.25) is 10.1 Å². The summed E-state index contributed by atoms with van der Waals surface area (Å²) < 4.78 is 40.5. The summed E-state index contributed by atoms with van der Waals surface area (Å²) in [6.07, 6.45) is 0. The topological polar surface area (TPSA) is 83.8 Å². The maximum absolute atomic E-state index is 13.9. The average Bonchev–Trinajstić information content (AvgIpc) is 2.62. The van der Waals surface area contributed by atoms with E-state index in [0.29, 0.717) is 18.8 Å². The van der Waals surface area contributed by atoms with E-state index in [1.807, 2.05) is 0 Å². The van der Waals surface area contributed by atoms with Gasteiger partial charge in [0.25, 0.3) is 5.69 Å². The van der Waals surface area contributed by atoms with Gasteiger partial charge in [0.15, 0.2) is 0 Å². The number of hydrogen-bond acceptors (Lipinski definition) is 5. The van der Waals surface area contributed by atoms with Crippen molar-refractivity contribution >= 4 is 21.4 Å². The zero-order valence-electron chi connectivity index (χ0n) is 13.9. The molecule has 1 aliphatic rings. The third kappa shape index (κ3) is 3.83. The van der Waals surface area contributed by atoms with Crippen LogP contribution in [0.3, 0.4) is 0 Å². The van der Waals surface area contributed by atoms with Crippen molar-refractivity contribution < 1.29 is 17.7 Å². The highest BCUT2D eigenvalue weighted by molar-refractivity contribution is 7.88. The molecule has 0 aromatic heterocycles. The van der Waals surface area contributed by atoms with Crippen LogP contribution >= 0.6 is 0 Å². The summed E-state index contributed by atoms with van der Waals surface area (Å²) in [6.45, 7) is 1.13. The number of sulfonamides is 1. The van der Waals surface area contributed by atoms with Crippen LogP contribution in [0.25, 0.3) is 0 Å². The van der Waals surface area contributed by atoms with E-state index in [1.54, 1.807) is 29.2 Å². The minimum absolute atomic E-state index is 0.161.